The van der Waals surface area contributed by atoms with E-state index in [-0.39, 0.29) is 12.1 Å². The second-order valence-electron chi connectivity index (χ2n) is 4.08. The largest absolute Gasteiger partial charge is 0.322 e. The van der Waals surface area contributed by atoms with Crippen molar-refractivity contribution in [3.8, 4) is 0 Å². The molecule has 0 aliphatic heterocycles. The maximum Gasteiger partial charge on any atom is 0.322 e. The second kappa shape index (κ2) is 6.16. The molecule has 16 heavy (non-hydrogen) atoms. The predicted molar refractivity (Wildman–Crippen MR) is 67.6 cm³/mol. The molecule has 3 nitrogen and oxygen atoms in total. The molecule has 3 heteroatoms. The maximum atomic E-state index is 12.0. The first-order chi connectivity index (χ1) is 7.65. The first-order valence-corrected chi connectivity index (χ1v) is 5.77. The van der Waals surface area contributed by atoms with E-state index in [0.29, 0.717) is 0 Å². The van der Waals surface area contributed by atoms with E-state index in [1.807, 2.05) is 49.1 Å². The summed E-state index contributed by atoms with van der Waals surface area (Å²) in [4.78, 5) is 13.8. The Labute approximate surface area is 97.5 Å². The Morgan fingerprint density at radius 2 is 1.94 bits per heavy atom. The molecule has 0 radical (unpaired) electrons. The molecule has 88 valence electrons. The number of carbonyl (C=O) groups excluding carboxylic acids is 1. The minimum Gasteiger partial charge on any atom is -0.322 e. The number of anilines is 1. The fourth-order valence-corrected chi connectivity index (χ4v) is 1.55. The van der Waals surface area contributed by atoms with Crippen LogP contribution in [0.4, 0.5) is 10.5 Å². The predicted octanol–water partition coefficient (Wildman–Crippen LogP) is 3.34. The van der Waals surface area contributed by atoms with Gasteiger partial charge in [0.2, 0.25) is 0 Å². The fourth-order valence-electron chi connectivity index (χ4n) is 1.55. The molecule has 1 N–H and O–H groups in total. The van der Waals surface area contributed by atoms with Gasteiger partial charge in [0, 0.05) is 18.3 Å². The van der Waals surface area contributed by atoms with Crippen LogP contribution in [0.2, 0.25) is 0 Å². The van der Waals surface area contributed by atoms with Gasteiger partial charge in [-0.2, -0.15) is 0 Å². The lowest BCUT2D eigenvalue weighted by Crippen LogP contribution is -2.40. The fraction of sp³-hybridized carbons (Fsp3) is 0.462. The molecule has 0 heterocycles. The lowest BCUT2D eigenvalue weighted by Gasteiger charge is -2.26. The van der Waals surface area contributed by atoms with Gasteiger partial charge in [-0.3, -0.25) is 0 Å². The number of nitrogens with one attached hydrogen (secondary N) is 1. The Bertz CT molecular complexity index is 322. The number of urea groups is 1. The molecule has 0 spiro atoms. The van der Waals surface area contributed by atoms with E-state index in [2.05, 4.69) is 12.2 Å². The molecule has 0 saturated carbocycles. The Morgan fingerprint density at radius 1 is 1.31 bits per heavy atom. The van der Waals surface area contributed by atoms with Gasteiger partial charge in [0.25, 0.3) is 0 Å². The molecule has 0 aromatic heterocycles. The zero-order chi connectivity index (χ0) is 12.0. The van der Waals surface area contributed by atoms with Gasteiger partial charge in [-0.15, -0.1) is 0 Å². The Balaban J connectivity index is 2.62. The summed E-state index contributed by atoms with van der Waals surface area (Å²) in [5.74, 6) is 0. The van der Waals surface area contributed by atoms with Gasteiger partial charge in [0.1, 0.15) is 0 Å². The van der Waals surface area contributed by atoms with Crippen molar-refractivity contribution in [1.29, 1.82) is 0 Å². The van der Waals surface area contributed by atoms with Crippen molar-refractivity contribution in [3.05, 3.63) is 30.3 Å². The Kier molecular flexibility index (Phi) is 4.83. The highest BCUT2D eigenvalue weighted by Crippen LogP contribution is 2.08. The number of rotatable bonds is 4. The summed E-state index contributed by atoms with van der Waals surface area (Å²) in [7, 11) is 0. The van der Waals surface area contributed by atoms with Crippen LogP contribution in [0, 0.1) is 0 Å². The average Bonchev–Trinajstić information content (AvgIpc) is 2.26. The number of hydrogen-bond acceptors (Lipinski definition) is 1. The minimum atomic E-state index is -0.0250. The van der Waals surface area contributed by atoms with Crippen LogP contribution >= 0.6 is 0 Å². The van der Waals surface area contributed by atoms with Gasteiger partial charge in [0.05, 0.1) is 0 Å². The van der Waals surface area contributed by atoms with Gasteiger partial charge < -0.3 is 10.2 Å². The van der Waals surface area contributed by atoms with Crippen molar-refractivity contribution < 1.29 is 4.79 Å². The van der Waals surface area contributed by atoms with Crippen molar-refractivity contribution in [1.82, 2.24) is 4.90 Å². The minimum absolute atomic E-state index is 0.0250. The van der Waals surface area contributed by atoms with Gasteiger partial charge in [-0.1, -0.05) is 25.1 Å². The number of benzene rings is 1. The van der Waals surface area contributed by atoms with Crippen LogP contribution < -0.4 is 5.32 Å². The molecular weight excluding hydrogens is 200 g/mol. The monoisotopic (exact) mass is 220 g/mol. The SMILES string of the molecule is CCCN(C(=O)Nc1ccccc1)C(C)C. The van der Waals surface area contributed by atoms with E-state index < -0.39 is 0 Å². The number of amides is 2. The summed E-state index contributed by atoms with van der Waals surface area (Å²) in [6.07, 6.45) is 0.973. The Morgan fingerprint density at radius 3 is 2.44 bits per heavy atom. The first-order valence-electron chi connectivity index (χ1n) is 5.77. The van der Waals surface area contributed by atoms with Crippen molar-refractivity contribution in [2.45, 2.75) is 33.2 Å². The molecule has 1 aromatic rings. The standard InChI is InChI=1S/C13H20N2O/c1-4-10-15(11(2)3)13(16)14-12-8-6-5-7-9-12/h5-9,11H,4,10H2,1-3H3,(H,14,16). The molecule has 0 saturated heterocycles. The lowest BCUT2D eigenvalue weighted by atomic mass is 10.3. The van der Waals surface area contributed by atoms with Crippen LogP contribution in [-0.4, -0.2) is 23.5 Å². The molecule has 1 aromatic carbocycles. The molecule has 0 atom stereocenters. The maximum absolute atomic E-state index is 12.0. The second-order valence-corrected chi connectivity index (χ2v) is 4.08. The van der Waals surface area contributed by atoms with E-state index in [9.17, 15) is 4.79 Å². The third-order valence-electron chi connectivity index (χ3n) is 2.37. The van der Waals surface area contributed by atoms with E-state index in [1.165, 1.54) is 0 Å². The number of hydrogen-bond donors (Lipinski definition) is 1. The zero-order valence-corrected chi connectivity index (χ0v) is 10.2. The van der Waals surface area contributed by atoms with Crippen LogP contribution in [0.5, 0.6) is 0 Å². The summed E-state index contributed by atoms with van der Waals surface area (Å²) in [5, 5.41) is 2.90. The summed E-state index contributed by atoms with van der Waals surface area (Å²) in [6, 6.07) is 9.74. The van der Waals surface area contributed by atoms with Gasteiger partial charge in [-0.25, -0.2) is 4.79 Å². The van der Waals surface area contributed by atoms with Gasteiger partial charge >= 0.3 is 6.03 Å². The quantitative estimate of drug-likeness (QED) is 0.829. The smallest absolute Gasteiger partial charge is 0.322 e. The highest BCUT2D eigenvalue weighted by atomic mass is 16.2. The lowest BCUT2D eigenvalue weighted by molar-refractivity contribution is 0.197. The number of carbonyl (C=O) groups is 1. The Hall–Kier alpha value is -1.51. The van der Waals surface area contributed by atoms with Crippen LogP contribution in [-0.2, 0) is 0 Å². The highest BCUT2D eigenvalue weighted by Gasteiger charge is 2.15. The summed E-state index contributed by atoms with van der Waals surface area (Å²) in [5.41, 5.74) is 0.842. The average molecular weight is 220 g/mol. The number of nitrogens with zero attached hydrogens (tertiary/aromatic N) is 1. The van der Waals surface area contributed by atoms with Crippen molar-refractivity contribution in [2.24, 2.45) is 0 Å². The van der Waals surface area contributed by atoms with Crippen LogP contribution in [0.15, 0.2) is 30.3 Å². The zero-order valence-electron chi connectivity index (χ0n) is 10.2. The van der Waals surface area contributed by atoms with Crippen molar-refractivity contribution >= 4 is 11.7 Å². The number of para-hydroxylation sites is 1. The summed E-state index contributed by atoms with van der Waals surface area (Å²) >= 11 is 0. The first kappa shape index (κ1) is 12.6. The van der Waals surface area contributed by atoms with Gasteiger partial charge in [-0.05, 0) is 32.4 Å². The highest BCUT2D eigenvalue weighted by molar-refractivity contribution is 5.89. The summed E-state index contributed by atoms with van der Waals surface area (Å²) in [6.45, 7) is 6.92. The van der Waals surface area contributed by atoms with E-state index in [4.69, 9.17) is 0 Å². The molecular formula is C13H20N2O. The summed E-state index contributed by atoms with van der Waals surface area (Å²) < 4.78 is 0. The third kappa shape index (κ3) is 3.57. The van der Waals surface area contributed by atoms with Crippen LogP contribution in [0.1, 0.15) is 27.2 Å². The topological polar surface area (TPSA) is 32.3 Å². The van der Waals surface area contributed by atoms with Crippen LogP contribution in [0.3, 0.4) is 0 Å². The molecule has 0 fully saturated rings. The molecule has 0 aliphatic carbocycles. The third-order valence-corrected chi connectivity index (χ3v) is 2.37. The molecule has 1 rings (SSSR count). The normalized spacial score (nSPS) is 10.2. The van der Waals surface area contributed by atoms with Crippen LogP contribution in [0.25, 0.3) is 0 Å². The van der Waals surface area contributed by atoms with E-state index >= 15 is 0 Å². The van der Waals surface area contributed by atoms with Crippen molar-refractivity contribution in [2.75, 3.05) is 11.9 Å². The molecule has 0 bridgehead atoms. The molecule has 0 unspecified atom stereocenters. The van der Waals surface area contributed by atoms with E-state index in [1.54, 1.807) is 0 Å². The van der Waals surface area contributed by atoms with E-state index in [0.717, 1.165) is 18.7 Å². The molecule has 0 aliphatic rings. The molecule has 2 amide bonds. The van der Waals surface area contributed by atoms with Gasteiger partial charge in [0.15, 0.2) is 0 Å². The van der Waals surface area contributed by atoms with Crippen molar-refractivity contribution in [3.63, 3.8) is 0 Å².